The lowest BCUT2D eigenvalue weighted by molar-refractivity contribution is -0.203. The molecule has 0 radical (unpaired) electrons. The molecule has 0 aliphatic carbocycles. The molecule has 4 heteroatoms. The highest BCUT2D eigenvalue weighted by atomic mass is 16.6. The molecule has 0 N–H and O–H groups in total. The average molecular weight is 302 g/mol. The van der Waals surface area contributed by atoms with Gasteiger partial charge in [0.15, 0.2) is 0 Å². The molecule has 4 nitrogen and oxygen atoms in total. The van der Waals surface area contributed by atoms with Crippen molar-refractivity contribution < 1.29 is 18.9 Å². The van der Waals surface area contributed by atoms with Gasteiger partial charge in [0.25, 0.3) is 0 Å². The monoisotopic (exact) mass is 302 g/mol. The second-order valence-electron chi connectivity index (χ2n) is 5.75. The van der Waals surface area contributed by atoms with Gasteiger partial charge in [-0.2, -0.15) is 0 Å². The molecule has 0 saturated carbocycles. The highest BCUT2D eigenvalue weighted by Crippen LogP contribution is 2.20. The minimum atomic E-state index is 0.00813. The second kappa shape index (κ2) is 12.4. The number of ether oxygens (including phenoxy) is 4. The summed E-state index contributed by atoms with van der Waals surface area (Å²) >= 11 is 0. The maximum absolute atomic E-state index is 6.08. The molecule has 0 amide bonds. The first-order chi connectivity index (χ1) is 10.3. The van der Waals surface area contributed by atoms with Crippen molar-refractivity contribution in [1.29, 1.82) is 0 Å². The van der Waals surface area contributed by atoms with Crippen molar-refractivity contribution in [3.05, 3.63) is 0 Å². The minimum absolute atomic E-state index is 0.00813. The molecule has 1 heterocycles. The van der Waals surface area contributed by atoms with Gasteiger partial charge in [0.2, 0.25) is 0 Å². The number of hydrogen-bond acceptors (Lipinski definition) is 4. The van der Waals surface area contributed by atoms with Crippen LogP contribution in [0.25, 0.3) is 0 Å². The molecular weight excluding hydrogens is 268 g/mol. The van der Waals surface area contributed by atoms with Gasteiger partial charge in [-0.1, -0.05) is 40.0 Å². The van der Waals surface area contributed by atoms with Crippen molar-refractivity contribution in [2.75, 3.05) is 33.0 Å². The minimum Gasteiger partial charge on any atom is -0.376 e. The molecule has 126 valence electrons. The van der Waals surface area contributed by atoms with Crippen LogP contribution in [-0.4, -0.2) is 51.3 Å². The van der Waals surface area contributed by atoms with Gasteiger partial charge in [-0.05, 0) is 19.3 Å². The lowest BCUT2D eigenvalue weighted by atomic mass is 10.1. The maximum atomic E-state index is 6.08. The van der Waals surface area contributed by atoms with Crippen LogP contribution in [0.2, 0.25) is 0 Å². The maximum Gasteiger partial charge on any atom is 0.114 e. The molecular formula is C17H34O4. The summed E-state index contributed by atoms with van der Waals surface area (Å²) in [5.74, 6) is 0. The Hall–Kier alpha value is -0.160. The van der Waals surface area contributed by atoms with Crippen molar-refractivity contribution in [3.8, 4) is 0 Å². The van der Waals surface area contributed by atoms with Crippen molar-refractivity contribution in [3.63, 3.8) is 0 Å². The van der Waals surface area contributed by atoms with E-state index < -0.39 is 0 Å². The quantitative estimate of drug-likeness (QED) is 0.516. The largest absolute Gasteiger partial charge is 0.376 e. The lowest BCUT2D eigenvalue weighted by Gasteiger charge is -2.37. The van der Waals surface area contributed by atoms with Crippen LogP contribution in [0.5, 0.6) is 0 Å². The van der Waals surface area contributed by atoms with Crippen LogP contribution in [0.3, 0.4) is 0 Å². The molecule has 0 unspecified atom stereocenters. The van der Waals surface area contributed by atoms with Gasteiger partial charge >= 0.3 is 0 Å². The predicted octanol–water partition coefficient (Wildman–Crippen LogP) is 3.57. The first kappa shape index (κ1) is 18.9. The summed E-state index contributed by atoms with van der Waals surface area (Å²) in [6.45, 7) is 10.1. The van der Waals surface area contributed by atoms with Crippen LogP contribution in [0.15, 0.2) is 0 Å². The summed E-state index contributed by atoms with van der Waals surface area (Å²) in [6, 6.07) is 0. The van der Waals surface area contributed by atoms with E-state index in [9.17, 15) is 0 Å². The Morgan fingerprint density at radius 1 is 0.714 bits per heavy atom. The zero-order valence-electron chi connectivity index (χ0n) is 14.1. The fourth-order valence-corrected chi connectivity index (χ4v) is 2.35. The summed E-state index contributed by atoms with van der Waals surface area (Å²) < 4.78 is 23.7. The van der Waals surface area contributed by atoms with E-state index in [2.05, 4.69) is 20.8 Å². The third kappa shape index (κ3) is 7.59. The van der Waals surface area contributed by atoms with E-state index in [1.54, 1.807) is 0 Å². The molecule has 1 fully saturated rings. The molecule has 21 heavy (non-hydrogen) atoms. The topological polar surface area (TPSA) is 36.9 Å². The Kier molecular flexibility index (Phi) is 11.1. The van der Waals surface area contributed by atoms with E-state index in [0.717, 1.165) is 58.3 Å². The van der Waals surface area contributed by atoms with Crippen molar-refractivity contribution in [2.45, 2.75) is 77.6 Å². The Balaban J connectivity index is 2.47. The van der Waals surface area contributed by atoms with Crippen LogP contribution in [-0.2, 0) is 18.9 Å². The molecule has 0 aromatic heterocycles. The summed E-state index contributed by atoms with van der Waals surface area (Å²) in [6.07, 6.45) is 6.71. The third-order valence-corrected chi connectivity index (χ3v) is 3.76. The molecule has 1 saturated heterocycles. The second-order valence-corrected chi connectivity index (χ2v) is 5.75. The lowest BCUT2D eigenvalue weighted by Crippen LogP contribution is -2.51. The van der Waals surface area contributed by atoms with E-state index >= 15 is 0 Å². The van der Waals surface area contributed by atoms with E-state index in [1.165, 1.54) is 0 Å². The summed E-state index contributed by atoms with van der Waals surface area (Å²) in [5.41, 5.74) is 0. The van der Waals surface area contributed by atoms with Gasteiger partial charge in [0, 0.05) is 19.8 Å². The standard InChI is InChI=1S/C17H34O4/c1-4-7-10-19-15-13-18-14-16(20-11-8-5-2)17(15)21-12-9-6-3/h15-17H,4-14H2,1-3H3/t15-,16-/m1/s1. The first-order valence-electron chi connectivity index (χ1n) is 8.75. The van der Waals surface area contributed by atoms with Crippen LogP contribution in [0.4, 0.5) is 0 Å². The third-order valence-electron chi connectivity index (χ3n) is 3.76. The number of unbranched alkanes of at least 4 members (excludes halogenated alkanes) is 3. The van der Waals surface area contributed by atoms with E-state index in [0.29, 0.717) is 13.2 Å². The zero-order valence-corrected chi connectivity index (χ0v) is 14.1. The highest BCUT2D eigenvalue weighted by Gasteiger charge is 2.36. The summed E-state index contributed by atoms with van der Waals surface area (Å²) in [4.78, 5) is 0. The number of hydrogen-bond donors (Lipinski definition) is 0. The van der Waals surface area contributed by atoms with E-state index in [1.807, 2.05) is 0 Å². The number of rotatable bonds is 12. The van der Waals surface area contributed by atoms with Crippen LogP contribution >= 0.6 is 0 Å². The van der Waals surface area contributed by atoms with Crippen LogP contribution in [0.1, 0.15) is 59.3 Å². The molecule has 0 aromatic rings. The molecule has 0 bridgehead atoms. The molecule has 0 aromatic carbocycles. The molecule has 0 spiro atoms. The molecule has 1 aliphatic heterocycles. The highest BCUT2D eigenvalue weighted by molar-refractivity contribution is 4.84. The fourth-order valence-electron chi connectivity index (χ4n) is 2.35. The Morgan fingerprint density at radius 3 is 1.57 bits per heavy atom. The van der Waals surface area contributed by atoms with Crippen LogP contribution < -0.4 is 0 Å². The first-order valence-corrected chi connectivity index (χ1v) is 8.75. The van der Waals surface area contributed by atoms with Gasteiger partial charge in [-0.25, -0.2) is 0 Å². The SMILES string of the molecule is CCCCOC1[C@H](OCCCC)COC[C@H]1OCCCC. The molecule has 2 atom stereocenters. The van der Waals surface area contributed by atoms with E-state index in [4.69, 9.17) is 18.9 Å². The molecule has 1 rings (SSSR count). The zero-order chi connectivity index (χ0) is 15.3. The van der Waals surface area contributed by atoms with E-state index in [-0.39, 0.29) is 18.3 Å². The van der Waals surface area contributed by atoms with Gasteiger partial charge < -0.3 is 18.9 Å². The van der Waals surface area contributed by atoms with Gasteiger partial charge in [0.05, 0.1) is 13.2 Å². The summed E-state index contributed by atoms with van der Waals surface area (Å²) in [7, 11) is 0. The Bertz CT molecular complexity index is 217. The van der Waals surface area contributed by atoms with Crippen LogP contribution in [0, 0.1) is 0 Å². The fraction of sp³-hybridized carbons (Fsp3) is 1.00. The Labute approximate surface area is 130 Å². The normalized spacial score (nSPS) is 23.6. The smallest absolute Gasteiger partial charge is 0.114 e. The van der Waals surface area contributed by atoms with Gasteiger partial charge in [0.1, 0.15) is 18.3 Å². The Morgan fingerprint density at radius 2 is 1.14 bits per heavy atom. The van der Waals surface area contributed by atoms with Gasteiger partial charge in [-0.15, -0.1) is 0 Å². The predicted molar refractivity (Wildman–Crippen MR) is 84.8 cm³/mol. The molecule has 1 aliphatic rings. The van der Waals surface area contributed by atoms with Crippen molar-refractivity contribution in [1.82, 2.24) is 0 Å². The average Bonchev–Trinajstić information content (AvgIpc) is 2.50. The van der Waals surface area contributed by atoms with Crippen molar-refractivity contribution in [2.24, 2.45) is 0 Å². The van der Waals surface area contributed by atoms with Gasteiger partial charge in [-0.3, -0.25) is 0 Å². The summed E-state index contributed by atoms with van der Waals surface area (Å²) in [5, 5.41) is 0. The van der Waals surface area contributed by atoms with Crippen molar-refractivity contribution >= 4 is 0 Å².